The molecule has 1 aliphatic heterocycles. The van der Waals surface area contributed by atoms with Gasteiger partial charge in [-0.3, -0.25) is 25.1 Å². The van der Waals surface area contributed by atoms with Crippen LogP contribution in [0.15, 0.2) is 48.0 Å². The van der Waals surface area contributed by atoms with Crippen LogP contribution < -0.4 is 15.2 Å². The molecule has 30 heavy (non-hydrogen) atoms. The van der Waals surface area contributed by atoms with Crippen LogP contribution in [0.2, 0.25) is 5.02 Å². The third-order valence-electron chi connectivity index (χ3n) is 4.02. The number of nitrogens with zero attached hydrogens (tertiary/aromatic N) is 2. The fraction of sp³-hybridized carbons (Fsp3) is 0.105. The minimum Gasteiger partial charge on any atom is -0.474 e. The van der Waals surface area contributed by atoms with E-state index in [1.54, 1.807) is 30.3 Å². The van der Waals surface area contributed by atoms with Gasteiger partial charge < -0.3 is 9.47 Å². The zero-order valence-corrected chi connectivity index (χ0v) is 16.2. The molecule has 0 spiro atoms. The summed E-state index contributed by atoms with van der Waals surface area (Å²) in [7, 11) is 1.14. The summed E-state index contributed by atoms with van der Waals surface area (Å²) < 4.78 is 9.52. The number of benzene rings is 2. The molecule has 1 heterocycles. The minimum absolute atomic E-state index is 0.130. The Morgan fingerprint density at radius 3 is 2.60 bits per heavy atom. The molecule has 2 aromatic carbocycles. The van der Waals surface area contributed by atoms with Crippen LogP contribution in [0.5, 0.6) is 5.75 Å². The van der Waals surface area contributed by atoms with E-state index in [4.69, 9.17) is 16.3 Å². The Kier molecular flexibility index (Phi) is 5.98. The van der Waals surface area contributed by atoms with Crippen molar-refractivity contribution in [1.82, 2.24) is 5.43 Å². The summed E-state index contributed by atoms with van der Waals surface area (Å²) in [5.41, 5.74) is 2.24. The van der Waals surface area contributed by atoms with E-state index in [0.29, 0.717) is 5.69 Å². The molecular weight excluding hydrogens is 418 g/mol. The van der Waals surface area contributed by atoms with Gasteiger partial charge in [-0.1, -0.05) is 29.8 Å². The van der Waals surface area contributed by atoms with E-state index in [9.17, 15) is 24.5 Å². The van der Waals surface area contributed by atoms with E-state index in [0.717, 1.165) is 18.2 Å². The molecule has 0 aromatic heterocycles. The number of carbonyl (C=O) groups excluding carboxylic acids is 3. The third-order valence-corrected chi connectivity index (χ3v) is 4.30. The van der Waals surface area contributed by atoms with Crippen molar-refractivity contribution in [3.05, 3.63) is 68.7 Å². The molecule has 1 saturated heterocycles. The summed E-state index contributed by atoms with van der Waals surface area (Å²) in [6.45, 7) is -0.579. The van der Waals surface area contributed by atoms with Gasteiger partial charge in [0.25, 0.3) is 11.8 Å². The lowest BCUT2D eigenvalue weighted by Gasteiger charge is -2.13. The van der Waals surface area contributed by atoms with Gasteiger partial charge in [0.2, 0.25) is 5.75 Å². The highest BCUT2D eigenvalue weighted by Crippen LogP contribution is 2.37. The minimum atomic E-state index is -0.757. The Labute approximate surface area is 174 Å². The molecule has 154 valence electrons. The first-order chi connectivity index (χ1) is 14.3. The predicted molar refractivity (Wildman–Crippen MR) is 106 cm³/mol. The highest BCUT2D eigenvalue weighted by atomic mass is 35.5. The number of esters is 1. The number of para-hydroxylation sites is 1. The molecule has 0 aliphatic carbocycles. The average Bonchev–Trinajstić information content (AvgIpc) is 3.01. The molecule has 10 nitrogen and oxygen atoms in total. The fourth-order valence-electron chi connectivity index (χ4n) is 2.63. The van der Waals surface area contributed by atoms with Crippen LogP contribution >= 0.6 is 11.6 Å². The van der Waals surface area contributed by atoms with Crippen LogP contribution in [0.4, 0.5) is 11.4 Å². The number of halogens is 1. The Hall–Kier alpha value is -3.92. The lowest BCUT2D eigenvalue weighted by molar-refractivity contribution is -0.385. The smallest absolute Gasteiger partial charge is 0.343 e. The number of amides is 2. The number of rotatable bonds is 6. The maximum absolute atomic E-state index is 12.6. The number of methoxy groups -OCH3 is 1. The summed E-state index contributed by atoms with van der Waals surface area (Å²) in [4.78, 5) is 46.8. The maximum atomic E-state index is 12.6. The molecule has 2 amide bonds. The third kappa shape index (κ3) is 4.23. The van der Waals surface area contributed by atoms with Crippen LogP contribution in [-0.4, -0.2) is 36.4 Å². The van der Waals surface area contributed by atoms with Gasteiger partial charge in [-0.05, 0) is 29.8 Å². The standard InChI is InChI=1S/C19H14ClN3O7/c1-29-16(24)10-30-17-14(20)8-11(9-15(17)23(27)28)7-13-18(25)21-22(19(13)26)12-5-3-2-4-6-12/h2-9H,10H2,1H3,(H,21,25). The molecule has 3 rings (SSSR count). The molecule has 0 bridgehead atoms. The molecule has 0 unspecified atom stereocenters. The van der Waals surface area contributed by atoms with Gasteiger partial charge in [0.1, 0.15) is 5.57 Å². The van der Waals surface area contributed by atoms with Crippen molar-refractivity contribution in [3.63, 3.8) is 0 Å². The van der Waals surface area contributed by atoms with Gasteiger partial charge in [-0.15, -0.1) is 0 Å². The van der Waals surface area contributed by atoms with E-state index in [1.807, 2.05) is 0 Å². The maximum Gasteiger partial charge on any atom is 0.343 e. The predicted octanol–water partition coefficient (Wildman–Crippen LogP) is 2.26. The van der Waals surface area contributed by atoms with E-state index >= 15 is 0 Å². The van der Waals surface area contributed by atoms with Crippen LogP contribution in [-0.2, 0) is 19.1 Å². The Morgan fingerprint density at radius 2 is 1.97 bits per heavy atom. The second kappa shape index (κ2) is 8.62. The highest BCUT2D eigenvalue weighted by Gasteiger charge is 2.34. The first-order valence-corrected chi connectivity index (χ1v) is 8.79. The molecule has 1 N–H and O–H groups in total. The number of ether oxygens (including phenoxy) is 2. The Balaban J connectivity index is 1.95. The van der Waals surface area contributed by atoms with Gasteiger partial charge in [0.15, 0.2) is 6.61 Å². The van der Waals surface area contributed by atoms with Crippen molar-refractivity contribution in [2.45, 2.75) is 0 Å². The van der Waals surface area contributed by atoms with Gasteiger partial charge in [0, 0.05) is 6.07 Å². The molecule has 11 heteroatoms. The summed E-state index contributed by atoms with van der Waals surface area (Å²) in [5, 5.41) is 12.3. The lowest BCUT2D eigenvalue weighted by Crippen LogP contribution is -2.35. The first-order valence-electron chi connectivity index (χ1n) is 8.41. The number of nitrogens with one attached hydrogen (secondary N) is 1. The quantitative estimate of drug-likeness (QED) is 0.244. The van der Waals surface area contributed by atoms with E-state index in [1.165, 1.54) is 12.1 Å². The molecule has 0 saturated carbocycles. The van der Waals surface area contributed by atoms with Gasteiger partial charge in [0.05, 0.1) is 22.7 Å². The van der Waals surface area contributed by atoms with E-state index in [2.05, 4.69) is 10.2 Å². The molecule has 2 aromatic rings. The van der Waals surface area contributed by atoms with Crippen molar-refractivity contribution in [1.29, 1.82) is 0 Å². The summed E-state index contributed by atoms with van der Waals surface area (Å²) in [6, 6.07) is 10.8. The molecule has 0 atom stereocenters. The fourth-order valence-corrected chi connectivity index (χ4v) is 2.91. The van der Waals surface area contributed by atoms with E-state index in [-0.39, 0.29) is 21.9 Å². The number of hydrazine groups is 1. The SMILES string of the molecule is COC(=O)COc1c(Cl)cc(C=C2C(=O)NN(c3ccccc3)C2=O)cc1[N+](=O)[O-]. The number of nitro benzene ring substituents is 1. The Bertz CT molecular complexity index is 1070. The second-order valence-corrected chi connectivity index (χ2v) is 6.36. The summed E-state index contributed by atoms with van der Waals surface area (Å²) in [6.07, 6.45) is 1.18. The lowest BCUT2D eigenvalue weighted by atomic mass is 10.1. The van der Waals surface area contributed by atoms with Crippen molar-refractivity contribution in [2.24, 2.45) is 0 Å². The van der Waals surface area contributed by atoms with Gasteiger partial charge in [-0.2, -0.15) is 0 Å². The zero-order chi connectivity index (χ0) is 21.8. The molecule has 1 aliphatic rings. The molecular formula is C19H14ClN3O7. The monoisotopic (exact) mass is 431 g/mol. The van der Waals surface area contributed by atoms with Gasteiger partial charge >= 0.3 is 11.7 Å². The van der Waals surface area contributed by atoms with Crippen molar-refractivity contribution >= 4 is 46.8 Å². The molecule has 0 radical (unpaired) electrons. The highest BCUT2D eigenvalue weighted by molar-refractivity contribution is 6.33. The van der Waals surface area contributed by atoms with Crippen molar-refractivity contribution < 1.29 is 28.8 Å². The second-order valence-electron chi connectivity index (χ2n) is 5.95. The topological polar surface area (TPSA) is 128 Å². The van der Waals surface area contributed by atoms with E-state index < -0.39 is 35.0 Å². The number of carbonyl (C=O) groups is 3. The van der Waals surface area contributed by atoms with Crippen LogP contribution in [0.3, 0.4) is 0 Å². The average molecular weight is 432 g/mol. The number of anilines is 1. The number of nitro groups is 1. The van der Waals surface area contributed by atoms with Crippen molar-refractivity contribution in [2.75, 3.05) is 18.7 Å². The van der Waals surface area contributed by atoms with Crippen molar-refractivity contribution in [3.8, 4) is 5.75 Å². The summed E-state index contributed by atoms with van der Waals surface area (Å²) >= 11 is 6.08. The summed E-state index contributed by atoms with van der Waals surface area (Å²) in [5.74, 6) is -2.38. The van der Waals surface area contributed by atoms with Crippen LogP contribution in [0, 0.1) is 10.1 Å². The normalized spacial score (nSPS) is 14.6. The van der Waals surface area contributed by atoms with Gasteiger partial charge in [-0.25, -0.2) is 9.80 Å². The zero-order valence-electron chi connectivity index (χ0n) is 15.5. The molecule has 1 fully saturated rings. The van der Waals surface area contributed by atoms with Crippen LogP contribution in [0.25, 0.3) is 6.08 Å². The number of hydrogen-bond donors (Lipinski definition) is 1. The number of hydrogen-bond acceptors (Lipinski definition) is 7. The largest absolute Gasteiger partial charge is 0.474 e. The first kappa shape index (κ1) is 20.8. The van der Waals surface area contributed by atoms with Crippen LogP contribution in [0.1, 0.15) is 5.56 Å². The Morgan fingerprint density at radius 1 is 1.27 bits per heavy atom.